The van der Waals surface area contributed by atoms with Crippen LogP contribution in [0.3, 0.4) is 0 Å². The van der Waals surface area contributed by atoms with Crippen molar-refractivity contribution in [3.05, 3.63) is 120 Å². The summed E-state index contributed by atoms with van der Waals surface area (Å²) in [6.07, 6.45) is 0. The quantitative estimate of drug-likeness (QED) is 0.0953. The van der Waals surface area contributed by atoms with Crippen molar-refractivity contribution in [3.63, 3.8) is 0 Å². The van der Waals surface area contributed by atoms with Gasteiger partial charge < -0.3 is 18.9 Å². The summed E-state index contributed by atoms with van der Waals surface area (Å²) >= 11 is 0. The molecule has 0 N–H and O–H groups in total. The third-order valence-electron chi connectivity index (χ3n) is 5.88. The number of rotatable bonds is 10. The third kappa shape index (κ3) is 7.23. The zero-order valence-corrected chi connectivity index (χ0v) is 22.3. The van der Waals surface area contributed by atoms with Gasteiger partial charge in [0.2, 0.25) is 6.79 Å². The van der Waals surface area contributed by atoms with Crippen LogP contribution in [-0.2, 0) is 25.7 Å². The third-order valence-corrected chi connectivity index (χ3v) is 5.88. The van der Waals surface area contributed by atoms with Gasteiger partial charge in [-0.05, 0) is 83.8 Å². The molecule has 0 amide bonds. The van der Waals surface area contributed by atoms with E-state index in [0.717, 1.165) is 27.5 Å². The van der Waals surface area contributed by atoms with Crippen molar-refractivity contribution in [2.45, 2.75) is 20.5 Å². The Morgan fingerprint density at radius 3 is 1.90 bits per heavy atom. The summed E-state index contributed by atoms with van der Waals surface area (Å²) in [7, 11) is 0. The van der Waals surface area contributed by atoms with Crippen molar-refractivity contribution in [1.29, 1.82) is 0 Å². The molecule has 202 valence electrons. The summed E-state index contributed by atoms with van der Waals surface area (Å²) in [5, 5.41) is 1.87. The molecule has 0 aliphatic rings. The Bertz CT molecular complexity index is 1580. The second kappa shape index (κ2) is 12.6. The van der Waals surface area contributed by atoms with Crippen molar-refractivity contribution in [1.82, 2.24) is 0 Å². The van der Waals surface area contributed by atoms with Crippen LogP contribution in [0.1, 0.15) is 29.8 Å². The van der Waals surface area contributed by atoms with Crippen molar-refractivity contribution in [2.24, 2.45) is 0 Å². The molecule has 7 nitrogen and oxygen atoms in total. The number of ether oxygens (including phenoxy) is 4. The molecule has 0 atom stereocenters. The van der Waals surface area contributed by atoms with E-state index in [1.165, 1.54) is 0 Å². The maximum atomic E-state index is 12.8. The summed E-state index contributed by atoms with van der Waals surface area (Å²) in [6, 6.07) is 25.6. The summed E-state index contributed by atoms with van der Waals surface area (Å²) < 4.78 is 20.9. The molecule has 0 aliphatic carbocycles. The lowest BCUT2D eigenvalue weighted by molar-refractivity contribution is -0.145. The number of fused-ring (bicyclic) bond motifs is 1. The number of carbonyl (C=O) groups is 3. The van der Waals surface area contributed by atoms with Gasteiger partial charge in [0.05, 0.1) is 5.56 Å². The molecule has 0 fully saturated rings. The minimum absolute atomic E-state index is 0.188. The molecule has 40 heavy (non-hydrogen) atoms. The minimum Gasteiger partial charge on any atom is -0.457 e. The zero-order chi connectivity index (χ0) is 28.6. The highest BCUT2D eigenvalue weighted by Gasteiger charge is 2.11. The average molecular weight is 537 g/mol. The number of hydrogen-bond acceptors (Lipinski definition) is 7. The van der Waals surface area contributed by atoms with Gasteiger partial charge in [0.15, 0.2) is 0 Å². The molecule has 0 unspecified atom stereocenters. The van der Waals surface area contributed by atoms with Crippen LogP contribution in [0.4, 0.5) is 0 Å². The maximum absolute atomic E-state index is 12.8. The topological polar surface area (TPSA) is 88.1 Å². The van der Waals surface area contributed by atoms with Gasteiger partial charge in [-0.1, -0.05) is 55.6 Å². The van der Waals surface area contributed by atoms with Crippen LogP contribution in [-0.4, -0.2) is 24.7 Å². The van der Waals surface area contributed by atoms with Crippen molar-refractivity contribution in [3.8, 4) is 22.6 Å². The van der Waals surface area contributed by atoms with Gasteiger partial charge in [-0.25, -0.2) is 14.4 Å². The molecular weight excluding hydrogens is 508 g/mol. The molecule has 0 aliphatic heterocycles. The van der Waals surface area contributed by atoms with Crippen LogP contribution in [0, 0.1) is 0 Å². The molecule has 0 radical (unpaired) electrons. The lowest BCUT2D eigenvalue weighted by Crippen LogP contribution is -2.11. The van der Waals surface area contributed by atoms with Crippen LogP contribution in [0.15, 0.2) is 109 Å². The van der Waals surface area contributed by atoms with E-state index in [9.17, 15) is 14.4 Å². The maximum Gasteiger partial charge on any atom is 0.343 e. The predicted molar refractivity (Wildman–Crippen MR) is 152 cm³/mol. The van der Waals surface area contributed by atoms with Crippen molar-refractivity contribution >= 4 is 28.7 Å². The summed E-state index contributed by atoms with van der Waals surface area (Å²) in [5.74, 6) is -0.629. The Kier molecular flexibility index (Phi) is 8.76. The Morgan fingerprint density at radius 1 is 0.650 bits per heavy atom. The largest absolute Gasteiger partial charge is 0.457 e. The summed E-state index contributed by atoms with van der Waals surface area (Å²) in [4.78, 5) is 35.7. The lowest BCUT2D eigenvalue weighted by Gasteiger charge is -2.09. The number of carbonyl (C=O) groups excluding carboxylic acids is 3. The fourth-order valence-electron chi connectivity index (χ4n) is 3.66. The van der Waals surface area contributed by atoms with Crippen LogP contribution in [0.25, 0.3) is 21.9 Å². The first-order chi connectivity index (χ1) is 19.2. The van der Waals surface area contributed by atoms with E-state index in [1.54, 1.807) is 50.2 Å². The Balaban J connectivity index is 1.37. The molecule has 0 bridgehead atoms. The normalized spacial score (nSPS) is 10.4. The highest BCUT2D eigenvalue weighted by Crippen LogP contribution is 2.26. The zero-order valence-electron chi connectivity index (χ0n) is 22.3. The molecule has 0 saturated heterocycles. The van der Waals surface area contributed by atoms with Crippen LogP contribution in [0.5, 0.6) is 11.5 Å². The lowest BCUT2D eigenvalue weighted by atomic mass is 9.99. The second-order valence-electron chi connectivity index (χ2n) is 9.17. The van der Waals surface area contributed by atoms with Gasteiger partial charge in [0.25, 0.3) is 0 Å². The summed E-state index contributed by atoms with van der Waals surface area (Å²) in [5.41, 5.74) is 3.98. The van der Waals surface area contributed by atoms with Gasteiger partial charge in [0.1, 0.15) is 18.1 Å². The number of hydrogen-bond donors (Lipinski definition) is 0. The fraction of sp³-hybridized carbons (Fsp3) is 0.121. The monoisotopic (exact) mass is 536 g/mol. The number of benzene rings is 4. The van der Waals surface area contributed by atoms with Gasteiger partial charge in [0, 0.05) is 11.1 Å². The Morgan fingerprint density at radius 2 is 1.23 bits per heavy atom. The van der Waals surface area contributed by atoms with E-state index in [0.29, 0.717) is 22.6 Å². The molecule has 7 heteroatoms. The first-order valence-electron chi connectivity index (χ1n) is 12.4. The molecule has 4 aromatic carbocycles. The predicted octanol–water partition coefficient (Wildman–Crippen LogP) is 6.80. The molecule has 0 heterocycles. The van der Waals surface area contributed by atoms with E-state index < -0.39 is 17.9 Å². The van der Waals surface area contributed by atoms with Gasteiger partial charge in [-0.15, -0.1) is 0 Å². The van der Waals surface area contributed by atoms with Crippen molar-refractivity contribution in [2.75, 3.05) is 6.79 Å². The second-order valence-corrected chi connectivity index (χ2v) is 9.17. The van der Waals surface area contributed by atoms with E-state index in [-0.39, 0.29) is 19.0 Å². The van der Waals surface area contributed by atoms with Crippen LogP contribution < -0.4 is 9.47 Å². The standard InChI is InChI=1S/C33H28O7/c1-21(2)31(34)37-19-23-5-7-24(8-6-23)25-9-10-27-18-28(12-11-26(27)17-25)33(36)40-30-15-13-29(14-16-30)38-20-39-32(35)22(3)4/h5-18H,1,3,19-20H2,2,4H3. The molecule has 4 aromatic rings. The van der Waals surface area contributed by atoms with E-state index in [4.69, 9.17) is 18.9 Å². The van der Waals surface area contributed by atoms with E-state index >= 15 is 0 Å². The van der Waals surface area contributed by atoms with Crippen molar-refractivity contribution < 1.29 is 33.3 Å². The highest BCUT2D eigenvalue weighted by molar-refractivity contribution is 5.97. The minimum atomic E-state index is -0.536. The molecule has 4 rings (SSSR count). The summed E-state index contributed by atoms with van der Waals surface area (Å²) in [6.45, 7) is 10.2. The smallest absolute Gasteiger partial charge is 0.343 e. The Hall–Kier alpha value is -5.17. The van der Waals surface area contributed by atoms with E-state index in [1.807, 2.05) is 48.5 Å². The molecule has 0 saturated carbocycles. The van der Waals surface area contributed by atoms with Crippen LogP contribution >= 0.6 is 0 Å². The van der Waals surface area contributed by atoms with Gasteiger partial charge >= 0.3 is 17.9 Å². The molecule has 0 aromatic heterocycles. The Labute approximate surface area is 232 Å². The van der Waals surface area contributed by atoms with Gasteiger partial charge in [-0.3, -0.25) is 0 Å². The first-order valence-corrected chi connectivity index (χ1v) is 12.4. The van der Waals surface area contributed by atoms with E-state index in [2.05, 4.69) is 13.2 Å². The highest BCUT2D eigenvalue weighted by atomic mass is 16.7. The van der Waals surface area contributed by atoms with Gasteiger partial charge in [-0.2, -0.15) is 0 Å². The number of esters is 3. The molecule has 0 spiro atoms. The first kappa shape index (κ1) is 27.9. The average Bonchev–Trinajstić information content (AvgIpc) is 2.96. The molecular formula is C33H28O7. The fourth-order valence-corrected chi connectivity index (χ4v) is 3.66. The SMILES string of the molecule is C=C(C)C(=O)OCOc1ccc(OC(=O)c2ccc3cc(-c4ccc(COC(=O)C(=C)C)cc4)ccc3c2)cc1. The van der Waals surface area contributed by atoms with Crippen LogP contribution in [0.2, 0.25) is 0 Å².